The SMILES string of the molecule is c1ccc(-n2c3ccc(-c4ccc5c(c4)c4cc6c(cc4n5-c4ccccc4)oc4cc5ccccc5cc46)cc3c3cc4c(cc32)oc2cc3ccccc3cc24)cc1. The van der Waals surface area contributed by atoms with Crippen LogP contribution in [0.25, 0.3) is 132 Å². The number of hydrogen-bond acceptors (Lipinski definition) is 2. The van der Waals surface area contributed by atoms with Gasteiger partial charge in [0.15, 0.2) is 0 Å². The second kappa shape index (κ2) is 11.8. The molecule has 0 aliphatic carbocycles. The van der Waals surface area contributed by atoms with Crippen molar-refractivity contribution in [1.82, 2.24) is 9.13 Å². The summed E-state index contributed by atoms with van der Waals surface area (Å²) in [4.78, 5) is 0. The van der Waals surface area contributed by atoms with Gasteiger partial charge in [0.2, 0.25) is 0 Å². The zero-order valence-corrected chi connectivity index (χ0v) is 32.2. The molecule has 14 rings (SSSR count). The Morgan fingerprint density at radius 1 is 0.250 bits per heavy atom. The van der Waals surface area contributed by atoms with E-state index < -0.39 is 0 Å². The molecule has 0 saturated carbocycles. The zero-order chi connectivity index (χ0) is 39.1. The number of hydrogen-bond donors (Lipinski definition) is 0. The molecule has 10 aromatic carbocycles. The maximum atomic E-state index is 6.60. The summed E-state index contributed by atoms with van der Waals surface area (Å²) in [6, 6.07) is 70.2. The molecule has 0 saturated heterocycles. The number of benzene rings is 10. The molecule has 0 atom stereocenters. The highest BCUT2D eigenvalue weighted by molar-refractivity contribution is 6.21. The van der Waals surface area contributed by atoms with E-state index >= 15 is 0 Å². The first-order valence-electron chi connectivity index (χ1n) is 20.5. The first-order chi connectivity index (χ1) is 29.7. The van der Waals surface area contributed by atoms with Crippen LogP contribution in [-0.2, 0) is 0 Å². The highest BCUT2D eigenvalue weighted by Crippen LogP contribution is 2.43. The molecule has 0 fully saturated rings. The molecule has 0 amide bonds. The minimum atomic E-state index is 0.890. The van der Waals surface area contributed by atoms with E-state index in [0.717, 1.165) is 77.3 Å². The second-order valence-electron chi connectivity index (χ2n) is 16.1. The Labute approximate surface area is 342 Å². The molecule has 60 heavy (non-hydrogen) atoms. The smallest absolute Gasteiger partial charge is 0.137 e. The van der Waals surface area contributed by atoms with E-state index in [1.165, 1.54) is 54.2 Å². The molecule has 4 aromatic heterocycles. The minimum absolute atomic E-state index is 0.890. The van der Waals surface area contributed by atoms with Crippen LogP contribution in [0.3, 0.4) is 0 Å². The fourth-order valence-corrected chi connectivity index (χ4v) is 10.0. The summed E-state index contributed by atoms with van der Waals surface area (Å²) >= 11 is 0. The molecule has 4 heteroatoms. The summed E-state index contributed by atoms with van der Waals surface area (Å²) in [6.45, 7) is 0. The minimum Gasteiger partial charge on any atom is -0.456 e. The van der Waals surface area contributed by atoms with Crippen molar-refractivity contribution in [3.8, 4) is 22.5 Å². The third-order valence-electron chi connectivity index (χ3n) is 12.8. The third kappa shape index (κ3) is 4.45. The molecule has 278 valence electrons. The molecule has 14 aromatic rings. The second-order valence-corrected chi connectivity index (χ2v) is 16.1. The Morgan fingerprint density at radius 3 is 1.03 bits per heavy atom. The maximum Gasteiger partial charge on any atom is 0.137 e. The zero-order valence-electron chi connectivity index (χ0n) is 32.2. The summed E-state index contributed by atoms with van der Waals surface area (Å²) in [5, 5.41) is 14.1. The fraction of sp³-hybridized carbons (Fsp3) is 0. The highest BCUT2D eigenvalue weighted by atomic mass is 16.3. The number of aromatic nitrogens is 2. The van der Waals surface area contributed by atoms with Crippen molar-refractivity contribution in [1.29, 1.82) is 0 Å². The summed E-state index contributed by atoms with van der Waals surface area (Å²) < 4.78 is 17.9. The summed E-state index contributed by atoms with van der Waals surface area (Å²) in [7, 11) is 0. The van der Waals surface area contributed by atoms with E-state index in [4.69, 9.17) is 8.83 Å². The van der Waals surface area contributed by atoms with Crippen LogP contribution in [-0.4, -0.2) is 9.13 Å². The van der Waals surface area contributed by atoms with Crippen molar-refractivity contribution < 1.29 is 8.83 Å². The van der Waals surface area contributed by atoms with E-state index in [0.29, 0.717) is 0 Å². The van der Waals surface area contributed by atoms with Gasteiger partial charge < -0.3 is 18.0 Å². The van der Waals surface area contributed by atoms with Crippen molar-refractivity contribution in [2.75, 3.05) is 0 Å². The lowest BCUT2D eigenvalue weighted by Gasteiger charge is -2.09. The van der Waals surface area contributed by atoms with Crippen molar-refractivity contribution >= 4 is 109 Å². The molecular weight excluding hydrogens is 733 g/mol. The number of furan rings is 2. The quantitative estimate of drug-likeness (QED) is 0.180. The summed E-state index contributed by atoms with van der Waals surface area (Å²) in [5.41, 5.74) is 12.7. The van der Waals surface area contributed by atoms with Crippen LogP contribution in [0.2, 0.25) is 0 Å². The molecule has 0 unspecified atom stereocenters. The third-order valence-corrected chi connectivity index (χ3v) is 12.8. The van der Waals surface area contributed by atoms with Crippen molar-refractivity contribution in [2.24, 2.45) is 0 Å². The van der Waals surface area contributed by atoms with Crippen molar-refractivity contribution in [2.45, 2.75) is 0 Å². The topological polar surface area (TPSA) is 36.1 Å². The van der Waals surface area contributed by atoms with Gasteiger partial charge >= 0.3 is 0 Å². The number of nitrogens with zero attached hydrogens (tertiary/aromatic N) is 2. The predicted octanol–water partition coefficient (Wildman–Crippen LogP) is 15.7. The predicted molar refractivity (Wildman–Crippen MR) is 250 cm³/mol. The Morgan fingerprint density at radius 2 is 0.600 bits per heavy atom. The Hall–Kier alpha value is -8.08. The van der Waals surface area contributed by atoms with Crippen LogP contribution < -0.4 is 0 Å². The summed E-state index contributed by atoms with van der Waals surface area (Å²) in [5.74, 6) is 0. The van der Waals surface area contributed by atoms with Gasteiger partial charge in [-0.3, -0.25) is 0 Å². The van der Waals surface area contributed by atoms with Crippen LogP contribution in [0, 0.1) is 0 Å². The van der Waals surface area contributed by atoms with E-state index in [-0.39, 0.29) is 0 Å². The van der Waals surface area contributed by atoms with Gasteiger partial charge in [-0.05, 0) is 118 Å². The summed E-state index contributed by atoms with van der Waals surface area (Å²) in [6.07, 6.45) is 0. The maximum absolute atomic E-state index is 6.60. The van der Waals surface area contributed by atoms with Crippen molar-refractivity contribution in [3.63, 3.8) is 0 Å². The van der Waals surface area contributed by atoms with Gasteiger partial charge in [0.1, 0.15) is 22.3 Å². The normalized spacial score (nSPS) is 12.3. The molecule has 0 N–H and O–H groups in total. The molecule has 0 bridgehead atoms. The van der Waals surface area contributed by atoms with Crippen molar-refractivity contribution in [3.05, 3.63) is 194 Å². The van der Waals surface area contributed by atoms with Gasteiger partial charge in [-0.15, -0.1) is 0 Å². The Kier molecular flexibility index (Phi) is 6.26. The monoisotopic (exact) mass is 764 g/mol. The average Bonchev–Trinajstić information content (AvgIpc) is 4.02. The number of para-hydroxylation sites is 2. The Bertz CT molecular complexity index is 3840. The van der Waals surface area contributed by atoms with Gasteiger partial charge in [-0.2, -0.15) is 0 Å². The van der Waals surface area contributed by atoms with Gasteiger partial charge in [0.05, 0.1) is 22.1 Å². The molecular formula is C56H32N2O2. The van der Waals surface area contributed by atoms with Gasteiger partial charge in [-0.25, -0.2) is 0 Å². The van der Waals surface area contributed by atoms with Crippen LogP contribution in [0.4, 0.5) is 0 Å². The average molecular weight is 765 g/mol. The molecule has 0 aliphatic heterocycles. The molecule has 0 radical (unpaired) electrons. The first-order valence-corrected chi connectivity index (χ1v) is 20.5. The van der Waals surface area contributed by atoms with E-state index in [1.807, 2.05) is 0 Å². The molecule has 0 spiro atoms. The highest BCUT2D eigenvalue weighted by Gasteiger charge is 2.20. The van der Waals surface area contributed by atoms with Crippen LogP contribution >= 0.6 is 0 Å². The van der Waals surface area contributed by atoms with Gasteiger partial charge in [0, 0.05) is 66.6 Å². The molecule has 4 heterocycles. The van der Waals surface area contributed by atoms with E-state index in [1.54, 1.807) is 0 Å². The molecule has 0 aliphatic rings. The lowest BCUT2D eigenvalue weighted by atomic mass is 9.99. The number of fused-ring (bicyclic) bond motifs is 14. The molecule has 4 nitrogen and oxygen atoms in total. The first kappa shape index (κ1) is 31.9. The van der Waals surface area contributed by atoms with Gasteiger partial charge in [0.25, 0.3) is 0 Å². The van der Waals surface area contributed by atoms with Crippen LogP contribution in [0.5, 0.6) is 0 Å². The van der Waals surface area contributed by atoms with E-state index in [9.17, 15) is 0 Å². The number of rotatable bonds is 3. The lowest BCUT2D eigenvalue weighted by molar-refractivity contribution is 0.669. The largest absolute Gasteiger partial charge is 0.456 e. The Balaban J connectivity index is 1.02. The van der Waals surface area contributed by atoms with Gasteiger partial charge in [-0.1, -0.05) is 97.1 Å². The van der Waals surface area contributed by atoms with Crippen LogP contribution in [0.1, 0.15) is 0 Å². The van der Waals surface area contributed by atoms with E-state index in [2.05, 4.69) is 203 Å². The van der Waals surface area contributed by atoms with Crippen LogP contribution in [0.15, 0.2) is 203 Å². The standard InChI is InChI=1S/C56H32N2O2/c1-3-15-39(16-4-1)57-49-21-19-37(23-41(49)43-29-47-45-25-33-11-7-9-13-35(33)27-53(45)59-55(47)31-51(43)57)38-20-22-50-42(24-38)44-30-48-46-26-34-12-8-10-14-36(34)28-54(46)60-56(48)32-52(44)58(50)40-17-5-2-6-18-40/h1-32H. The fourth-order valence-electron chi connectivity index (χ4n) is 10.0. The lowest BCUT2D eigenvalue weighted by Crippen LogP contribution is -1.93.